The van der Waals surface area contributed by atoms with E-state index in [1.54, 1.807) is 0 Å². The van der Waals surface area contributed by atoms with Gasteiger partial charge in [-0.15, -0.1) is 0 Å². The van der Waals surface area contributed by atoms with Crippen molar-refractivity contribution in [2.45, 2.75) is 56.9 Å². The zero-order valence-corrected chi connectivity index (χ0v) is 14.8. The van der Waals surface area contributed by atoms with Crippen molar-refractivity contribution in [3.05, 3.63) is 35.4 Å². The molecule has 0 bridgehead atoms. The molecule has 1 unspecified atom stereocenters. The maximum Gasteiger partial charge on any atom is 0.251 e. The van der Waals surface area contributed by atoms with E-state index in [4.69, 9.17) is 10.00 Å². The number of nitriles is 1. The molecule has 2 aliphatic heterocycles. The predicted octanol–water partition coefficient (Wildman–Crippen LogP) is 2.30. The Morgan fingerprint density at radius 3 is 2.52 bits per heavy atom. The fourth-order valence-electron chi connectivity index (χ4n) is 4.12. The van der Waals surface area contributed by atoms with Crippen molar-refractivity contribution in [2.75, 3.05) is 19.6 Å². The minimum Gasteiger partial charge on any atom is -0.360 e. The van der Waals surface area contributed by atoms with Crippen LogP contribution in [-0.4, -0.2) is 53.1 Å². The number of benzene rings is 1. The number of carbonyl (C=O) groups excluding carboxylic acids is 1. The van der Waals surface area contributed by atoms with E-state index >= 15 is 0 Å². The first-order valence-corrected chi connectivity index (χ1v) is 9.28. The average molecular weight is 339 g/mol. The van der Waals surface area contributed by atoms with Gasteiger partial charge in [-0.25, -0.2) is 0 Å². The third-order valence-corrected chi connectivity index (χ3v) is 5.76. The number of rotatable bonds is 3. The molecule has 0 radical (unpaired) electrons. The summed E-state index contributed by atoms with van der Waals surface area (Å²) in [6.45, 7) is 5.55. The molecule has 132 valence electrons. The smallest absolute Gasteiger partial charge is 0.251 e. The molecule has 1 aromatic rings. The lowest BCUT2D eigenvalue weighted by atomic mass is 9.88. The number of hydrogen-bond acceptors (Lipinski definition) is 4. The Morgan fingerprint density at radius 1 is 1.24 bits per heavy atom. The Morgan fingerprint density at radius 2 is 1.92 bits per heavy atom. The van der Waals surface area contributed by atoms with E-state index in [0.717, 1.165) is 51.9 Å². The highest BCUT2D eigenvalue weighted by Crippen LogP contribution is 2.38. The molecule has 1 atom stereocenters. The summed E-state index contributed by atoms with van der Waals surface area (Å²) in [7, 11) is 0. The van der Waals surface area contributed by atoms with Crippen molar-refractivity contribution in [1.82, 2.24) is 9.80 Å². The molecule has 2 saturated heterocycles. The zero-order chi connectivity index (χ0) is 17.4. The maximum absolute atomic E-state index is 12.4. The van der Waals surface area contributed by atoms with Crippen LogP contribution in [0, 0.1) is 11.3 Å². The monoisotopic (exact) mass is 339 g/mol. The second-order valence-electron chi connectivity index (χ2n) is 7.73. The Kier molecular flexibility index (Phi) is 4.26. The molecule has 1 aromatic carbocycles. The molecular formula is C20H25N3O2. The summed E-state index contributed by atoms with van der Waals surface area (Å²) in [4.78, 5) is 16.9. The van der Waals surface area contributed by atoms with E-state index in [1.807, 2.05) is 31.2 Å². The molecule has 1 aliphatic carbocycles. The fourth-order valence-corrected chi connectivity index (χ4v) is 4.12. The van der Waals surface area contributed by atoms with E-state index in [2.05, 4.69) is 15.9 Å². The van der Waals surface area contributed by atoms with Crippen molar-refractivity contribution >= 4 is 5.91 Å². The second-order valence-corrected chi connectivity index (χ2v) is 7.73. The lowest BCUT2D eigenvalue weighted by molar-refractivity contribution is -0.191. The summed E-state index contributed by atoms with van der Waals surface area (Å²) in [6.07, 6.45) is 3.95. The van der Waals surface area contributed by atoms with Gasteiger partial charge in [-0.3, -0.25) is 9.69 Å². The molecule has 0 N–H and O–H groups in total. The second kappa shape index (κ2) is 6.44. The standard InChI is InChI=1S/C20H25N3O2/c1-15-19(24)23(18-6-7-18)14-20(25-15)8-10-22(11-9-20)13-17-4-2-16(12-21)3-5-17/h2-5,15,18H,6-11,13-14H2,1H3. The number of hydrogen-bond donors (Lipinski definition) is 0. The van der Waals surface area contributed by atoms with Crippen LogP contribution >= 0.6 is 0 Å². The van der Waals surface area contributed by atoms with Gasteiger partial charge in [-0.05, 0) is 50.3 Å². The molecule has 5 nitrogen and oxygen atoms in total. The van der Waals surface area contributed by atoms with Gasteiger partial charge in [-0.2, -0.15) is 5.26 Å². The van der Waals surface area contributed by atoms with Crippen molar-refractivity contribution in [2.24, 2.45) is 0 Å². The topological polar surface area (TPSA) is 56.6 Å². The van der Waals surface area contributed by atoms with Gasteiger partial charge in [0.05, 0.1) is 23.8 Å². The Bertz CT molecular complexity index is 682. The number of piperidine rings is 1. The predicted molar refractivity (Wildman–Crippen MR) is 93.7 cm³/mol. The van der Waals surface area contributed by atoms with E-state index in [0.29, 0.717) is 11.6 Å². The normalized spacial score (nSPS) is 26.6. The summed E-state index contributed by atoms with van der Waals surface area (Å²) >= 11 is 0. The van der Waals surface area contributed by atoms with Crippen molar-refractivity contribution in [3.8, 4) is 6.07 Å². The van der Waals surface area contributed by atoms with Gasteiger partial charge >= 0.3 is 0 Å². The lowest BCUT2D eigenvalue weighted by Crippen LogP contribution is -2.61. The van der Waals surface area contributed by atoms with Gasteiger partial charge in [-0.1, -0.05) is 12.1 Å². The molecule has 1 saturated carbocycles. The van der Waals surface area contributed by atoms with Gasteiger partial charge in [0.2, 0.25) is 0 Å². The average Bonchev–Trinajstić information content (AvgIpc) is 3.46. The van der Waals surface area contributed by atoms with Crippen LogP contribution in [0.1, 0.15) is 43.7 Å². The number of likely N-dealkylation sites (tertiary alicyclic amines) is 1. The van der Waals surface area contributed by atoms with Crippen LogP contribution in [0.5, 0.6) is 0 Å². The van der Waals surface area contributed by atoms with E-state index < -0.39 is 0 Å². The number of amides is 1. The van der Waals surface area contributed by atoms with Gasteiger partial charge in [0, 0.05) is 25.7 Å². The Hall–Kier alpha value is -1.90. The van der Waals surface area contributed by atoms with Crippen LogP contribution in [0.15, 0.2) is 24.3 Å². The van der Waals surface area contributed by atoms with Gasteiger partial charge in [0.15, 0.2) is 0 Å². The SMILES string of the molecule is CC1OC2(CCN(Cc3ccc(C#N)cc3)CC2)CN(C2CC2)C1=O. The summed E-state index contributed by atoms with van der Waals surface area (Å²) in [5.41, 5.74) is 1.79. The van der Waals surface area contributed by atoms with Crippen LogP contribution in [0.25, 0.3) is 0 Å². The molecule has 1 amide bonds. The van der Waals surface area contributed by atoms with Gasteiger partial charge in [0.25, 0.3) is 5.91 Å². The molecule has 3 fully saturated rings. The van der Waals surface area contributed by atoms with Crippen LogP contribution in [0.2, 0.25) is 0 Å². The molecule has 25 heavy (non-hydrogen) atoms. The zero-order valence-electron chi connectivity index (χ0n) is 14.8. The van der Waals surface area contributed by atoms with Crippen molar-refractivity contribution < 1.29 is 9.53 Å². The quantitative estimate of drug-likeness (QED) is 0.848. The van der Waals surface area contributed by atoms with Crippen molar-refractivity contribution in [3.63, 3.8) is 0 Å². The van der Waals surface area contributed by atoms with Gasteiger partial charge in [0.1, 0.15) is 6.10 Å². The highest BCUT2D eigenvalue weighted by atomic mass is 16.5. The summed E-state index contributed by atoms with van der Waals surface area (Å²) < 4.78 is 6.21. The van der Waals surface area contributed by atoms with E-state index in [1.165, 1.54) is 5.56 Å². The van der Waals surface area contributed by atoms with Gasteiger partial charge < -0.3 is 9.64 Å². The first-order valence-electron chi connectivity index (χ1n) is 9.28. The first-order chi connectivity index (χ1) is 12.1. The molecule has 3 aliphatic rings. The molecule has 5 heteroatoms. The van der Waals surface area contributed by atoms with Crippen LogP contribution in [0.4, 0.5) is 0 Å². The van der Waals surface area contributed by atoms with Crippen LogP contribution in [0.3, 0.4) is 0 Å². The highest BCUT2D eigenvalue weighted by Gasteiger charge is 2.48. The first kappa shape index (κ1) is 16.6. The van der Waals surface area contributed by atoms with E-state index in [9.17, 15) is 4.79 Å². The molecule has 0 aromatic heterocycles. The fraction of sp³-hybridized carbons (Fsp3) is 0.600. The number of morpholine rings is 1. The minimum atomic E-state index is -0.306. The Balaban J connectivity index is 1.37. The number of nitrogens with zero attached hydrogens (tertiary/aromatic N) is 3. The van der Waals surface area contributed by atoms with Crippen LogP contribution < -0.4 is 0 Å². The third kappa shape index (κ3) is 3.42. The minimum absolute atomic E-state index is 0.156. The molecule has 1 spiro atoms. The largest absolute Gasteiger partial charge is 0.360 e. The lowest BCUT2D eigenvalue weighted by Gasteiger charge is -2.49. The Labute approximate surface area is 149 Å². The molecular weight excluding hydrogens is 314 g/mol. The van der Waals surface area contributed by atoms with E-state index in [-0.39, 0.29) is 17.6 Å². The molecule has 2 heterocycles. The summed E-state index contributed by atoms with van der Waals surface area (Å²) in [6, 6.07) is 10.5. The maximum atomic E-state index is 12.4. The van der Waals surface area contributed by atoms with Crippen molar-refractivity contribution in [1.29, 1.82) is 5.26 Å². The summed E-state index contributed by atoms with van der Waals surface area (Å²) in [5.74, 6) is 0.174. The summed E-state index contributed by atoms with van der Waals surface area (Å²) in [5, 5.41) is 8.89. The van der Waals surface area contributed by atoms with Crippen LogP contribution in [-0.2, 0) is 16.1 Å². The molecule has 4 rings (SSSR count). The highest BCUT2D eigenvalue weighted by molar-refractivity contribution is 5.82. The number of ether oxygens (including phenoxy) is 1. The number of carbonyl (C=O) groups is 1. The third-order valence-electron chi connectivity index (χ3n) is 5.76.